The molecule has 4 atom stereocenters. The number of primary amides is 1. The molecule has 0 bridgehead atoms. The molecule has 0 spiro atoms. The number of aliphatic imine (C=N–C) groups is 1. The van der Waals surface area contributed by atoms with Gasteiger partial charge in [0, 0.05) is 36.0 Å². The van der Waals surface area contributed by atoms with E-state index in [1.54, 1.807) is 11.3 Å². The molecule has 0 aromatic carbocycles. The van der Waals surface area contributed by atoms with Crippen LogP contribution in [0.15, 0.2) is 22.5 Å². The van der Waals surface area contributed by atoms with E-state index in [1.165, 1.54) is 32.4 Å². The lowest BCUT2D eigenvalue weighted by molar-refractivity contribution is -0.146. The summed E-state index contributed by atoms with van der Waals surface area (Å²) in [7, 11) is 0. The Morgan fingerprint density at radius 3 is 2.38 bits per heavy atom. The molecule has 0 unspecified atom stereocenters. The van der Waals surface area contributed by atoms with Crippen LogP contribution >= 0.6 is 11.3 Å². The van der Waals surface area contributed by atoms with Crippen LogP contribution in [0.3, 0.4) is 0 Å². The zero-order valence-corrected chi connectivity index (χ0v) is 29.1. The van der Waals surface area contributed by atoms with Crippen molar-refractivity contribution in [2.24, 2.45) is 22.6 Å². The molecule has 4 N–H and O–H groups in total. The van der Waals surface area contributed by atoms with Crippen LogP contribution in [0.25, 0.3) is 0 Å². The van der Waals surface area contributed by atoms with Crippen LogP contribution < -0.4 is 16.4 Å². The van der Waals surface area contributed by atoms with Gasteiger partial charge in [0.2, 0.25) is 17.7 Å². The summed E-state index contributed by atoms with van der Waals surface area (Å²) < 4.78 is 6.08. The second-order valence-corrected chi connectivity index (χ2v) is 15.6. The van der Waals surface area contributed by atoms with Crippen molar-refractivity contribution in [3.8, 4) is 0 Å². The van der Waals surface area contributed by atoms with Crippen molar-refractivity contribution in [1.82, 2.24) is 25.3 Å². The SMILES string of the molecule is C[C@@H]1N=C(N2CCN(C(=O)[C@H](NC3CCC(C(N)=O)CC3)C3CCC(N4CCCCC4)CC3)[C@H](C(=O)NCc3cccs3)C2)O[C@H]1C. The molecule has 2 saturated carbocycles. The Morgan fingerprint density at radius 1 is 1.00 bits per heavy atom. The number of nitrogens with one attached hydrogen (secondary N) is 2. The Balaban J connectivity index is 1.19. The highest BCUT2D eigenvalue weighted by Gasteiger charge is 2.44. The summed E-state index contributed by atoms with van der Waals surface area (Å²) in [6.45, 7) is 8.21. The predicted molar refractivity (Wildman–Crippen MR) is 184 cm³/mol. The van der Waals surface area contributed by atoms with Crippen LogP contribution in [-0.4, -0.2) is 107 Å². The van der Waals surface area contributed by atoms with Gasteiger partial charge in [0.25, 0.3) is 6.02 Å². The Labute approximate surface area is 284 Å². The van der Waals surface area contributed by atoms with Crippen molar-refractivity contribution in [3.63, 3.8) is 0 Å². The fraction of sp³-hybridized carbons (Fsp3) is 0.771. The summed E-state index contributed by atoms with van der Waals surface area (Å²) in [4.78, 5) is 53.0. The summed E-state index contributed by atoms with van der Waals surface area (Å²) in [5.41, 5.74) is 5.64. The first kappa shape index (κ1) is 34.2. The number of carbonyl (C=O) groups excluding carboxylic acids is 3. The van der Waals surface area contributed by atoms with Gasteiger partial charge < -0.3 is 35.8 Å². The number of amidine groups is 1. The smallest absolute Gasteiger partial charge is 0.288 e. The second-order valence-electron chi connectivity index (χ2n) is 14.5. The number of piperidine rings is 1. The number of hydrogen-bond donors (Lipinski definition) is 3. The van der Waals surface area contributed by atoms with Gasteiger partial charge in [0.15, 0.2) is 0 Å². The molecular weight excluding hydrogens is 614 g/mol. The maximum Gasteiger partial charge on any atom is 0.288 e. The minimum Gasteiger partial charge on any atom is -0.460 e. The monoisotopic (exact) mass is 669 g/mol. The van der Waals surface area contributed by atoms with E-state index < -0.39 is 6.04 Å². The molecule has 11 nitrogen and oxygen atoms in total. The standard InChI is InChI=1S/C35H55N7O4S/c1-23-24(2)46-35(38-23)41-18-19-42(30(22-41)33(44)37-21-29-7-6-20-47-29)34(45)31(39-27-12-8-26(9-13-27)32(36)43)25-10-14-28(15-11-25)40-16-4-3-5-17-40/h6-7,20,23-28,30-31,39H,3-5,8-19,21-22H2,1-2H3,(H2,36,43)(H,37,44)/t23-,24-,25?,26?,27?,28?,30-,31+/m0/s1. The third kappa shape index (κ3) is 8.31. The van der Waals surface area contributed by atoms with Crippen LogP contribution in [-0.2, 0) is 25.7 Å². The molecule has 2 aliphatic carbocycles. The zero-order chi connectivity index (χ0) is 32.9. The largest absolute Gasteiger partial charge is 0.460 e. The van der Waals surface area contributed by atoms with Crippen LogP contribution in [0.4, 0.5) is 0 Å². The van der Waals surface area contributed by atoms with Crippen LogP contribution in [0.2, 0.25) is 0 Å². The first-order chi connectivity index (χ1) is 22.8. The number of ether oxygens (including phenoxy) is 1. The van der Waals surface area contributed by atoms with Gasteiger partial charge in [0.05, 0.1) is 25.2 Å². The number of carbonyl (C=O) groups is 3. The van der Waals surface area contributed by atoms with E-state index in [0.29, 0.717) is 38.2 Å². The third-order valence-corrected chi connectivity index (χ3v) is 12.3. The molecule has 260 valence electrons. The first-order valence-electron chi connectivity index (χ1n) is 18.2. The molecule has 3 aliphatic heterocycles. The van der Waals surface area contributed by atoms with Gasteiger partial charge in [0.1, 0.15) is 12.1 Å². The minimum absolute atomic E-state index is 0.0194. The Kier molecular flexibility index (Phi) is 11.4. The molecule has 2 saturated heterocycles. The van der Waals surface area contributed by atoms with Crippen molar-refractivity contribution in [2.45, 2.75) is 127 Å². The van der Waals surface area contributed by atoms with Gasteiger partial charge >= 0.3 is 0 Å². The number of likely N-dealkylation sites (tertiary alicyclic amines) is 1. The Morgan fingerprint density at radius 2 is 1.74 bits per heavy atom. The molecule has 4 fully saturated rings. The maximum atomic E-state index is 14.8. The number of amides is 3. The average molecular weight is 670 g/mol. The number of thiophene rings is 1. The first-order valence-corrected chi connectivity index (χ1v) is 19.0. The van der Waals surface area contributed by atoms with E-state index in [1.807, 2.05) is 41.2 Å². The lowest BCUT2D eigenvalue weighted by atomic mass is 9.78. The van der Waals surface area contributed by atoms with E-state index in [-0.39, 0.29) is 53.8 Å². The second kappa shape index (κ2) is 15.7. The molecule has 12 heteroatoms. The lowest BCUT2D eigenvalue weighted by Gasteiger charge is -2.45. The minimum atomic E-state index is -0.659. The average Bonchev–Trinajstić information content (AvgIpc) is 3.75. The molecule has 1 aromatic rings. The topological polar surface area (TPSA) is 133 Å². The van der Waals surface area contributed by atoms with Crippen molar-refractivity contribution in [3.05, 3.63) is 22.4 Å². The molecular formula is C35H55N7O4S. The van der Waals surface area contributed by atoms with Crippen LogP contribution in [0.5, 0.6) is 0 Å². The van der Waals surface area contributed by atoms with Gasteiger partial charge in [-0.2, -0.15) is 0 Å². The van der Waals surface area contributed by atoms with E-state index >= 15 is 0 Å². The summed E-state index contributed by atoms with van der Waals surface area (Å²) in [5.74, 6) is -0.227. The third-order valence-electron chi connectivity index (χ3n) is 11.5. The number of rotatable bonds is 9. The fourth-order valence-electron chi connectivity index (χ4n) is 8.35. The number of hydrogen-bond acceptors (Lipinski definition) is 9. The van der Waals surface area contributed by atoms with E-state index in [9.17, 15) is 14.4 Å². The fourth-order valence-corrected chi connectivity index (χ4v) is 8.99. The van der Waals surface area contributed by atoms with Gasteiger partial charge in [-0.1, -0.05) is 12.5 Å². The van der Waals surface area contributed by atoms with Crippen molar-refractivity contribution >= 4 is 35.1 Å². The highest BCUT2D eigenvalue weighted by Crippen LogP contribution is 2.34. The highest BCUT2D eigenvalue weighted by molar-refractivity contribution is 7.09. The quantitative estimate of drug-likeness (QED) is 0.368. The Bertz CT molecular complexity index is 1240. The van der Waals surface area contributed by atoms with Crippen LogP contribution in [0, 0.1) is 11.8 Å². The molecule has 1 aromatic heterocycles. The number of nitrogens with zero attached hydrogens (tertiary/aromatic N) is 4. The van der Waals surface area contributed by atoms with Gasteiger partial charge in [-0.3, -0.25) is 14.4 Å². The van der Waals surface area contributed by atoms with E-state index in [0.717, 1.165) is 56.2 Å². The predicted octanol–water partition coefficient (Wildman–Crippen LogP) is 3.09. The van der Waals surface area contributed by atoms with Crippen molar-refractivity contribution in [2.75, 3.05) is 32.7 Å². The maximum absolute atomic E-state index is 14.8. The van der Waals surface area contributed by atoms with E-state index in [2.05, 4.69) is 15.5 Å². The summed E-state index contributed by atoms with van der Waals surface area (Å²) in [5, 5.41) is 8.95. The van der Waals surface area contributed by atoms with Crippen molar-refractivity contribution in [1.29, 1.82) is 0 Å². The molecule has 0 radical (unpaired) electrons. The molecule has 47 heavy (non-hydrogen) atoms. The van der Waals surface area contributed by atoms with Gasteiger partial charge in [-0.25, -0.2) is 4.99 Å². The van der Waals surface area contributed by atoms with Gasteiger partial charge in [-0.15, -0.1) is 11.3 Å². The highest BCUT2D eigenvalue weighted by atomic mass is 32.1. The Hall–Kier alpha value is -2.70. The van der Waals surface area contributed by atoms with Crippen molar-refractivity contribution < 1.29 is 19.1 Å². The van der Waals surface area contributed by atoms with Gasteiger partial charge in [-0.05, 0) is 109 Å². The van der Waals surface area contributed by atoms with Crippen LogP contribution in [0.1, 0.15) is 89.4 Å². The van der Waals surface area contributed by atoms with E-state index in [4.69, 9.17) is 15.5 Å². The molecule has 3 amide bonds. The summed E-state index contributed by atoms with van der Waals surface area (Å²) in [6, 6.07) is 4.34. The summed E-state index contributed by atoms with van der Waals surface area (Å²) in [6.07, 6.45) is 11.2. The molecule has 5 aliphatic rings. The molecule has 4 heterocycles. The zero-order valence-electron chi connectivity index (χ0n) is 28.3. The molecule has 6 rings (SSSR count). The number of piperazine rings is 1. The normalized spacial score (nSPS) is 32.7. The number of nitrogens with two attached hydrogens (primary N) is 1. The lowest BCUT2D eigenvalue weighted by Crippen LogP contribution is -2.65. The summed E-state index contributed by atoms with van der Waals surface area (Å²) >= 11 is 1.61.